The Kier molecular flexibility index (Phi) is 6.85. The zero-order valence-electron chi connectivity index (χ0n) is 14.0. The number of carboxylic acids is 1. The minimum Gasteiger partial charge on any atom is -0.493 e. The van der Waals surface area contributed by atoms with E-state index in [0.29, 0.717) is 31.1 Å². The third-order valence-electron chi connectivity index (χ3n) is 4.24. The second kappa shape index (κ2) is 8.87. The van der Waals surface area contributed by atoms with Gasteiger partial charge < -0.3 is 9.84 Å². The van der Waals surface area contributed by atoms with Crippen LogP contribution in [0.4, 0.5) is 0 Å². The maximum Gasteiger partial charge on any atom is 0.339 e. The molecular weight excluding hydrogens is 372 g/mol. The van der Waals surface area contributed by atoms with Crippen molar-refractivity contribution >= 4 is 21.9 Å². The van der Waals surface area contributed by atoms with Crippen LogP contribution < -0.4 is 4.74 Å². The van der Waals surface area contributed by atoms with Gasteiger partial charge in [0.15, 0.2) is 0 Å². The van der Waals surface area contributed by atoms with Crippen LogP contribution in [0, 0.1) is 5.92 Å². The Hall–Kier alpha value is -1.82. The number of aryl methyl sites for hydroxylation is 2. The van der Waals surface area contributed by atoms with Gasteiger partial charge in [0.25, 0.3) is 0 Å². The molecule has 0 saturated heterocycles. The van der Waals surface area contributed by atoms with Crippen LogP contribution in [0.1, 0.15) is 48.3 Å². The number of hydrogen-bond acceptors (Lipinski definition) is 3. The summed E-state index contributed by atoms with van der Waals surface area (Å²) < 4.78 is 7.00. The first-order valence-corrected chi connectivity index (χ1v) is 9.01. The molecule has 24 heavy (non-hydrogen) atoms. The first kappa shape index (κ1) is 18.5. The van der Waals surface area contributed by atoms with Gasteiger partial charge in [-0.05, 0) is 42.5 Å². The zero-order chi connectivity index (χ0) is 17.5. The Labute approximate surface area is 150 Å². The molecule has 2 N–H and O–H groups in total. The monoisotopic (exact) mass is 394 g/mol. The molecule has 0 atom stereocenters. The Balaban J connectivity index is 2.09. The molecule has 0 fully saturated rings. The predicted molar refractivity (Wildman–Crippen MR) is 96.7 cm³/mol. The summed E-state index contributed by atoms with van der Waals surface area (Å²) >= 11 is 3.49. The third kappa shape index (κ3) is 4.84. The van der Waals surface area contributed by atoms with E-state index in [-0.39, 0.29) is 5.56 Å². The van der Waals surface area contributed by atoms with Gasteiger partial charge in [-0.3, -0.25) is 5.10 Å². The molecule has 0 aliphatic carbocycles. The van der Waals surface area contributed by atoms with Gasteiger partial charge in [0, 0.05) is 4.47 Å². The molecule has 0 aliphatic heterocycles. The lowest BCUT2D eigenvalue weighted by Gasteiger charge is -2.16. The second-order valence-electron chi connectivity index (χ2n) is 5.81. The molecule has 1 aromatic heterocycles. The van der Waals surface area contributed by atoms with E-state index in [1.54, 1.807) is 0 Å². The van der Waals surface area contributed by atoms with Crippen molar-refractivity contribution in [2.75, 3.05) is 6.61 Å². The number of halogens is 1. The van der Waals surface area contributed by atoms with Crippen LogP contribution in [-0.2, 0) is 12.8 Å². The molecule has 2 aromatic rings. The van der Waals surface area contributed by atoms with Gasteiger partial charge in [0.2, 0.25) is 0 Å². The normalized spacial score (nSPS) is 11.0. The minimum atomic E-state index is -0.960. The highest BCUT2D eigenvalue weighted by Gasteiger charge is 2.14. The van der Waals surface area contributed by atoms with Crippen LogP contribution in [0.2, 0.25) is 0 Å². The maximum atomic E-state index is 11.2. The second-order valence-corrected chi connectivity index (χ2v) is 6.73. The van der Waals surface area contributed by atoms with Crippen LogP contribution in [0.25, 0.3) is 0 Å². The fourth-order valence-electron chi connectivity index (χ4n) is 2.56. The summed E-state index contributed by atoms with van der Waals surface area (Å²) in [5.74, 6) is 0.451. The van der Waals surface area contributed by atoms with E-state index < -0.39 is 5.97 Å². The van der Waals surface area contributed by atoms with Crippen LogP contribution in [-0.4, -0.2) is 27.9 Å². The van der Waals surface area contributed by atoms with Crippen LogP contribution >= 0.6 is 15.9 Å². The summed E-state index contributed by atoms with van der Waals surface area (Å²) in [7, 11) is 0. The molecule has 130 valence electrons. The molecule has 1 aromatic carbocycles. The van der Waals surface area contributed by atoms with Crippen molar-refractivity contribution < 1.29 is 14.6 Å². The Morgan fingerprint density at radius 1 is 1.33 bits per heavy atom. The summed E-state index contributed by atoms with van der Waals surface area (Å²) in [6, 6.07) is 5.95. The maximum absolute atomic E-state index is 11.2. The van der Waals surface area contributed by atoms with E-state index >= 15 is 0 Å². The average Bonchev–Trinajstić information content (AvgIpc) is 3.04. The number of nitrogens with one attached hydrogen (secondary N) is 1. The summed E-state index contributed by atoms with van der Waals surface area (Å²) in [6.07, 6.45) is 4.79. The van der Waals surface area contributed by atoms with Crippen molar-refractivity contribution in [2.45, 2.75) is 39.5 Å². The summed E-state index contributed by atoms with van der Waals surface area (Å²) in [6.45, 7) is 5.05. The van der Waals surface area contributed by atoms with E-state index in [1.165, 1.54) is 6.20 Å². The molecule has 6 heteroatoms. The lowest BCUT2D eigenvalue weighted by atomic mass is 10.0. The highest BCUT2D eigenvalue weighted by atomic mass is 79.9. The average molecular weight is 395 g/mol. The summed E-state index contributed by atoms with van der Waals surface area (Å²) in [5.41, 5.74) is 1.92. The minimum absolute atomic E-state index is 0.226. The number of hydrogen-bond donors (Lipinski definition) is 2. The van der Waals surface area contributed by atoms with E-state index in [0.717, 1.165) is 28.6 Å². The topological polar surface area (TPSA) is 75.2 Å². The van der Waals surface area contributed by atoms with E-state index in [9.17, 15) is 4.79 Å². The molecule has 0 spiro atoms. The number of carboxylic acid groups (broad SMARTS) is 1. The first-order chi connectivity index (χ1) is 11.5. The fourth-order valence-corrected chi connectivity index (χ4v) is 2.97. The first-order valence-electron chi connectivity index (χ1n) is 8.21. The van der Waals surface area contributed by atoms with Crippen molar-refractivity contribution in [1.29, 1.82) is 0 Å². The van der Waals surface area contributed by atoms with Gasteiger partial charge in [-0.2, -0.15) is 5.10 Å². The third-order valence-corrected chi connectivity index (χ3v) is 4.74. The number of aromatic amines is 1. The number of benzene rings is 1. The molecule has 0 aliphatic rings. The molecular formula is C18H23BrN2O3. The lowest BCUT2D eigenvalue weighted by molar-refractivity contribution is 0.0696. The Bertz CT molecular complexity index is 681. The van der Waals surface area contributed by atoms with Crippen LogP contribution in [0.3, 0.4) is 0 Å². The van der Waals surface area contributed by atoms with Crippen molar-refractivity contribution in [1.82, 2.24) is 10.2 Å². The highest BCUT2D eigenvalue weighted by Crippen LogP contribution is 2.26. The van der Waals surface area contributed by atoms with E-state index in [2.05, 4.69) is 40.0 Å². The predicted octanol–water partition coefficient (Wildman–Crippen LogP) is 4.47. The highest BCUT2D eigenvalue weighted by molar-refractivity contribution is 9.10. The van der Waals surface area contributed by atoms with Gasteiger partial charge in [0.1, 0.15) is 11.3 Å². The number of H-pyrrole nitrogens is 1. The smallest absolute Gasteiger partial charge is 0.339 e. The zero-order valence-corrected chi connectivity index (χ0v) is 15.6. The summed E-state index contributed by atoms with van der Waals surface area (Å²) in [5, 5.41) is 15.8. The van der Waals surface area contributed by atoms with Gasteiger partial charge in [-0.15, -0.1) is 0 Å². The number of carbonyl (C=O) groups is 1. The Morgan fingerprint density at radius 2 is 2.08 bits per heavy atom. The van der Waals surface area contributed by atoms with Crippen molar-refractivity contribution in [2.24, 2.45) is 5.92 Å². The molecule has 0 saturated carbocycles. The van der Waals surface area contributed by atoms with Gasteiger partial charge >= 0.3 is 5.97 Å². The standard InChI is InChI=1S/C18H23BrN2O3/c1-3-12(4-2)11-24-17-8-6-14(19)9-13(17)5-7-16-15(18(22)23)10-20-21-16/h6,8-10,12H,3-5,7,11H2,1-2H3,(H,20,21)(H,22,23). The lowest BCUT2D eigenvalue weighted by Crippen LogP contribution is -2.11. The van der Waals surface area contributed by atoms with Crippen LogP contribution in [0.5, 0.6) is 5.75 Å². The molecule has 0 bridgehead atoms. The molecule has 5 nitrogen and oxygen atoms in total. The van der Waals surface area contributed by atoms with Crippen LogP contribution in [0.15, 0.2) is 28.9 Å². The van der Waals surface area contributed by atoms with E-state index in [4.69, 9.17) is 9.84 Å². The number of nitrogens with zero attached hydrogens (tertiary/aromatic N) is 1. The number of rotatable bonds is 9. The SMILES string of the molecule is CCC(CC)COc1ccc(Br)cc1CCc1[nH]ncc1C(=O)O. The number of aromatic nitrogens is 2. The molecule has 0 radical (unpaired) electrons. The summed E-state index contributed by atoms with van der Waals surface area (Å²) in [4.78, 5) is 11.2. The van der Waals surface area contributed by atoms with Crippen molar-refractivity contribution in [3.8, 4) is 5.75 Å². The molecule has 2 rings (SSSR count). The Morgan fingerprint density at radius 3 is 2.75 bits per heavy atom. The van der Waals surface area contributed by atoms with E-state index in [1.807, 2.05) is 18.2 Å². The quantitative estimate of drug-likeness (QED) is 0.657. The largest absolute Gasteiger partial charge is 0.493 e. The van der Waals surface area contributed by atoms with Crippen molar-refractivity contribution in [3.05, 3.63) is 45.7 Å². The number of ether oxygens (including phenoxy) is 1. The van der Waals surface area contributed by atoms with Gasteiger partial charge in [-0.25, -0.2) is 4.79 Å². The fraction of sp³-hybridized carbons (Fsp3) is 0.444. The van der Waals surface area contributed by atoms with Gasteiger partial charge in [-0.1, -0.05) is 42.6 Å². The molecule has 1 heterocycles. The molecule has 0 amide bonds. The van der Waals surface area contributed by atoms with Gasteiger partial charge in [0.05, 0.1) is 18.5 Å². The molecule has 0 unspecified atom stereocenters. The van der Waals surface area contributed by atoms with Crippen molar-refractivity contribution in [3.63, 3.8) is 0 Å². The number of aromatic carboxylic acids is 1.